The molecule has 0 aliphatic rings. The van der Waals surface area contributed by atoms with Gasteiger partial charge in [0.1, 0.15) is 5.82 Å². The van der Waals surface area contributed by atoms with Gasteiger partial charge in [-0.2, -0.15) is 0 Å². The van der Waals surface area contributed by atoms with Crippen LogP contribution in [0.2, 0.25) is 0 Å². The standard InChI is InChI=1S/C26H28FN5O/c27-21-11-8-19(9-12-21)20-10-13-24-23(15-20)31-25(26(33)30-16-22(29)7-4-14-28)32(24)17-18-5-2-1-3-6-18/h1-3,5-6,8-13,15,22H,4,7,14,16-17,28-29H2,(H,30,33)/t22-/m0/s1. The molecule has 7 heteroatoms. The number of imidazole rings is 1. The molecular formula is C26H28FN5O. The SMILES string of the molecule is NCCC[C@H](N)CNC(=O)c1nc2cc(-c3ccc(F)cc3)ccc2n1Cc1ccccc1. The van der Waals surface area contributed by atoms with Gasteiger partial charge in [0, 0.05) is 19.1 Å². The third kappa shape index (κ3) is 5.45. The van der Waals surface area contributed by atoms with Crippen LogP contribution in [0.3, 0.4) is 0 Å². The van der Waals surface area contributed by atoms with Gasteiger partial charge in [0.05, 0.1) is 11.0 Å². The maximum absolute atomic E-state index is 13.3. The summed E-state index contributed by atoms with van der Waals surface area (Å²) >= 11 is 0. The van der Waals surface area contributed by atoms with Crippen molar-refractivity contribution in [3.63, 3.8) is 0 Å². The smallest absolute Gasteiger partial charge is 0.287 e. The van der Waals surface area contributed by atoms with Crippen molar-refractivity contribution in [3.05, 3.63) is 90.0 Å². The van der Waals surface area contributed by atoms with Crippen LogP contribution in [0.15, 0.2) is 72.8 Å². The first kappa shape index (κ1) is 22.6. The van der Waals surface area contributed by atoms with Crippen molar-refractivity contribution in [2.75, 3.05) is 13.1 Å². The van der Waals surface area contributed by atoms with Gasteiger partial charge in [0.2, 0.25) is 0 Å². The Bertz CT molecular complexity index is 1220. The van der Waals surface area contributed by atoms with E-state index in [1.165, 1.54) is 12.1 Å². The summed E-state index contributed by atoms with van der Waals surface area (Å²) in [5, 5.41) is 2.92. The monoisotopic (exact) mass is 445 g/mol. The highest BCUT2D eigenvalue weighted by Gasteiger charge is 2.19. The minimum atomic E-state index is -0.282. The molecule has 0 radical (unpaired) electrons. The zero-order valence-corrected chi connectivity index (χ0v) is 18.4. The van der Waals surface area contributed by atoms with Gasteiger partial charge < -0.3 is 21.4 Å². The number of fused-ring (bicyclic) bond motifs is 1. The lowest BCUT2D eigenvalue weighted by Gasteiger charge is -2.13. The van der Waals surface area contributed by atoms with Crippen LogP contribution in [0.1, 0.15) is 29.0 Å². The molecule has 6 nitrogen and oxygen atoms in total. The molecule has 0 unspecified atom stereocenters. The molecule has 0 aliphatic carbocycles. The van der Waals surface area contributed by atoms with Crippen molar-refractivity contribution in [2.24, 2.45) is 11.5 Å². The zero-order valence-electron chi connectivity index (χ0n) is 18.4. The van der Waals surface area contributed by atoms with Crippen molar-refractivity contribution >= 4 is 16.9 Å². The Morgan fingerprint density at radius 1 is 1.03 bits per heavy atom. The number of amides is 1. The van der Waals surface area contributed by atoms with E-state index in [0.29, 0.717) is 31.0 Å². The number of nitrogens with zero attached hydrogens (tertiary/aromatic N) is 2. The molecule has 1 heterocycles. The second kappa shape index (κ2) is 10.4. The highest BCUT2D eigenvalue weighted by Crippen LogP contribution is 2.26. The van der Waals surface area contributed by atoms with Crippen LogP contribution in [-0.2, 0) is 6.54 Å². The van der Waals surface area contributed by atoms with E-state index in [1.54, 1.807) is 12.1 Å². The number of nitrogens with two attached hydrogens (primary N) is 2. The number of hydrogen-bond acceptors (Lipinski definition) is 4. The Balaban J connectivity index is 1.67. The number of carbonyl (C=O) groups excluding carboxylic acids is 1. The normalized spacial score (nSPS) is 12.1. The second-order valence-corrected chi connectivity index (χ2v) is 8.12. The molecule has 0 fully saturated rings. The average molecular weight is 446 g/mol. The lowest BCUT2D eigenvalue weighted by molar-refractivity contribution is 0.0937. The minimum Gasteiger partial charge on any atom is -0.348 e. The summed E-state index contributed by atoms with van der Waals surface area (Å²) in [6.45, 7) is 1.44. The molecule has 1 amide bonds. The zero-order chi connectivity index (χ0) is 23.2. The molecule has 0 saturated carbocycles. The largest absolute Gasteiger partial charge is 0.348 e. The first-order chi connectivity index (χ1) is 16.0. The molecule has 0 aliphatic heterocycles. The number of halogens is 1. The highest BCUT2D eigenvalue weighted by molar-refractivity contribution is 5.95. The van der Waals surface area contributed by atoms with Gasteiger partial charge in [-0.15, -0.1) is 0 Å². The van der Waals surface area contributed by atoms with Crippen molar-refractivity contribution in [1.29, 1.82) is 0 Å². The van der Waals surface area contributed by atoms with Gasteiger partial charge in [-0.3, -0.25) is 4.79 Å². The summed E-state index contributed by atoms with van der Waals surface area (Å²) in [5.41, 5.74) is 16.0. The van der Waals surface area contributed by atoms with Gasteiger partial charge in [0.15, 0.2) is 5.82 Å². The lowest BCUT2D eigenvalue weighted by Crippen LogP contribution is -2.38. The van der Waals surface area contributed by atoms with E-state index in [4.69, 9.17) is 11.5 Å². The van der Waals surface area contributed by atoms with Crippen LogP contribution in [0.25, 0.3) is 22.2 Å². The highest BCUT2D eigenvalue weighted by atomic mass is 19.1. The number of carbonyl (C=O) groups is 1. The third-order valence-electron chi connectivity index (χ3n) is 5.62. The van der Waals surface area contributed by atoms with Crippen molar-refractivity contribution < 1.29 is 9.18 Å². The number of rotatable bonds is 9. The molecule has 33 heavy (non-hydrogen) atoms. The maximum atomic E-state index is 13.3. The number of aromatic nitrogens is 2. The lowest BCUT2D eigenvalue weighted by atomic mass is 10.1. The predicted molar refractivity (Wildman–Crippen MR) is 129 cm³/mol. The molecular weight excluding hydrogens is 417 g/mol. The van der Waals surface area contributed by atoms with Gasteiger partial charge in [0.25, 0.3) is 5.91 Å². The van der Waals surface area contributed by atoms with Crippen LogP contribution in [0.5, 0.6) is 0 Å². The Kier molecular flexibility index (Phi) is 7.12. The van der Waals surface area contributed by atoms with Crippen molar-refractivity contribution in [2.45, 2.75) is 25.4 Å². The molecule has 5 N–H and O–H groups in total. The first-order valence-electron chi connectivity index (χ1n) is 11.1. The molecule has 3 aromatic carbocycles. The summed E-state index contributed by atoms with van der Waals surface area (Å²) in [7, 11) is 0. The number of benzene rings is 3. The first-order valence-corrected chi connectivity index (χ1v) is 11.1. The molecule has 4 aromatic rings. The van der Waals surface area contributed by atoms with Gasteiger partial charge in [-0.05, 0) is 60.3 Å². The van der Waals surface area contributed by atoms with Crippen LogP contribution >= 0.6 is 0 Å². The van der Waals surface area contributed by atoms with E-state index in [1.807, 2.05) is 53.1 Å². The molecule has 0 spiro atoms. The maximum Gasteiger partial charge on any atom is 0.287 e. The van der Waals surface area contributed by atoms with E-state index in [0.717, 1.165) is 35.0 Å². The van der Waals surface area contributed by atoms with E-state index in [2.05, 4.69) is 10.3 Å². The fraction of sp³-hybridized carbons (Fsp3) is 0.231. The van der Waals surface area contributed by atoms with Crippen LogP contribution in [-0.4, -0.2) is 34.6 Å². The Labute approximate surface area is 192 Å². The molecule has 0 saturated heterocycles. The molecule has 0 bridgehead atoms. The summed E-state index contributed by atoms with van der Waals surface area (Å²) in [4.78, 5) is 17.7. The fourth-order valence-electron chi connectivity index (χ4n) is 3.84. The summed E-state index contributed by atoms with van der Waals surface area (Å²) in [5.74, 6) is -0.222. The molecule has 170 valence electrons. The van der Waals surface area contributed by atoms with Gasteiger partial charge in [-0.1, -0.05) is 48.5 Å². The summed E-state index contributed by atoms with van der Waals surface area (Å²) < 4.78 is 15.2. The van der Waals surface area contributed by atoms with Crippen LogP contribution in [0.4, 0.5) is 4.39 Å². The summed E-state index contributed by atoms with van der Waals surface area (Å²) in [6, 6.07) is 21.9. The van der Waals surface area contributed by atoms with Crippen LogP contribution in [0, 0.1) is 5.82 Å². The topological polar surface area (TPSA) is 99.0 Å². The molecule has 1 atom stereocenters. The third-order valence-corrected chi connectivity index (χ3v) is 5.62. The van der Waals surface area contributed by atoms with E-state index in [9.17, 15) is 9.18 Å². The van der Waals surface area contributed by atoms with Crippen molar-refractivity contribution in [1.82, 2.24) is 14.9 Å². The molecule has 1 aromatic heterocycles. The predicted octanol–water partition coefficient (Wildman–Crippen LogP) is 3.69. The second-order valence-electron chi connectivity index (χ2n) is 8.12. The Hall–Kier alpha value is -3.55. The van der Waals surface area contributed by atoms with E-state index < -0.39 is 0 Å². The molecule has 4 rings (SSSR count). The Morgan fingerprint density at radius 3 is 2.48 bits per heavy atom. The number of nitrogens with one attached hydrogen (secondary N) is 1. The van der Waals surface area contributed by atoms with E-state index in [-0.39, 0.29) is 17.8 Å². The fourth-order valence-corrected chi connectivity index (χ4v) is 3.84. The van der Waals surface area contributed by atoms with Crippen molar-refractivity contribution in [3.8, 4) is 11.1 Å². The van der Waals surface area contributed by atoms with E-state index >= 15 is 0 Å². The Morgan fingerprint density at radius 2 is 1.76 bits per heavy atom. The summed E-state index contributed by atoms with van der Waals surface area (Å²) in [6.07, 6.45) is 1.56. The van der Waals surface area contributed by atoms with Crippen LogP contribution < -0.4 is 16.8 Å². The minimum absolute atomic E-state index is 0.158. The number of hydrogen-bond donors (Lipinski definition) is 3. The quantitative estimate of drug-likeness (QED) is 0.366. The van der Waals surface area contributed by atoms with Gasteiger partial charge in [-0.25, -0.2) is 9.37 Å². The average Bonchev–Trinajstić information content (AvgIpc) is 3.20. The van der Waals surface area contributed by atoms with Gasteiger partial charge >= 0.3 is 0 Å².